The topological polar surface area (TPSA) is 80.3 Å². The summed E-state index contributed by atoms with van der Waals surface area (Å²) in [5.41, 5.74) is 6.06. The highest BCUT2D eigenvalue weighted by Gasteiger charge is 2.26. The van der Waals surface area contributed by atoms with E-state index in [-0.39, 0.29) is 6.61 Å². The van der Waals surface area contributed by atoms with Crippen molar-refractivity contribution in [2.45, 2.75) is 18.8 Å². The normalized spacial score (nSPS) is 16.6. The molecule has 2 aromatic heterocycles. The summed E-state index contributed by atoms with van der Waals surface area (Å²) in [4.78, 5) is 17.3. The maximum absolute atomic E-state index is 9.25. The Morgan fingerprint density at radius 3 is 2.67 bits per heavy atom. The summed E-state index contributed by atoms with van der Waals surface area (Å²) >= 11 is 12.7. The Hall–Kier alpha value is -2.84. The zero-order chi connectivity index (χ0) is 24.6. The highest BCUT2D eigenvalue weighted by atomic mass is 35.5. The van der Waals surface area contributed by atoms with Gasteiger partial charge in [0.25, 0.3) is 0 Å². The molecule has 1 saturated carbocycles. The molecule has 2 aliphatic rings. The number of piperazine rings is 1. The quantitative estimate of drug-likeness (QED) is 0.290. The van der Waals surface area contributed by atoms with E-state index in [1.165, 1.54) is 24.1 Å². The number of aliphatic hydroxyl groups is 1. The summed E-state index contributed by atoms with van der Waals surface area (Å²) in [6.07, 6.45) is 6.02. The van der Waals surface area contributed by atoms with Gasteiger partial charge in [-0.25, -0.2) is 9.97 Å². The first-order valence-electron chi connectivity index (χ1n) is 12.4. The van der Waals surface area contributed by atoms with E-state index in [1.54, 1.807) is 6.20 Å². The van der Waals surface area contributed by atoms with Gasteiger partial charge < -0.3 is 20.3 Å². The zero-order valence-corrected chi connectivity index (χ0v) is 21.4. The van der Waals surface area contributed by atoms with Gasteiger partial charge in [-0.15, -0.1) is 0 Å². The third kappa shape index (κ3) is 4.89. The van der Waals surface area contributed by atoms with Gasteiger partial charge in [0.1, 0.15) is 0 Å². The third-order valence-electron chi connectivity index (χ3n) is 7.04. The molecular formula is C27H28Cl2N6O. The highest BCUT2D eigenvalue weighted by molar-refractivity contribution is 6.33. The second-order valence-electron chi connectivity index (χ2n) is 9.55. The van der Waals surface area contributed by atoms with Crippen LogP contribution in [-0.4, -0.2) is 64.3 Å². The molecule has 4 aromatic rings. The predicted molar refractivity (Wildman–Crippen MR) is 147 cm³/mol. The fourth-order valence-electron chi connectivity index (χ4n) is 4.95. The van der Waals surface area contributed by atoms with Crippen LogP contribution >= 0.6 is 23.2 Å². The molecule has 0 unspecified atom stereocenters. The lowest BCUT2D eigenvalue weighted by Gasteiger charge is -2.36. The average molecular weight is 523 g/mol. The Balaban J connectivity index is 1.29. The highest BCUT2D eigenvalue weighted by Crippen LogP contribution is 2.43. The van der Waals surface area contributed by atoms with Gasteiger partial charge >= 0.3 is 0 Å². The maximum atomic E-state index is 9.25. The number of aromatic amines is 1. The third-order valence-corrected chi connectivity index (χ3v) is 7.55. The fraction of sp³-hybridized carbons (Fsp3) is 0.333. The molecule has 1 aliphatic heterocycles. The first kappa shape index (κ1) is 23.6. The molecule has 3 heterocycles. The Bertz CT molecular complexity index is 1390. The minimum Gasteiger partial charge on any atom is -0.395 e. The molecule has 0 amide bonds. The number of nitrogens with zero attached hydrogens (tertiary/aromatic N) is 4. The van der Waals surface area contributed by atoms with Gasteiger partial charge in [-0.05, 0) is 54.7 Å². The molecule has 7 nitrogen and oxygen atoms in total. The summed E-state index contributed by atoms with van der Waals surface area (Å²) in [6.45, 7) is 4.75. The molecule has 2 aromatic carbocycles. The smallest absolute Gasteiger partial charge is 0.227 e. The lowest BCUT2D eigenvalue weighted by atomic mass is 10.1. The van der Waals surface area contributed by atoms with Crippen LogP contribution in [0.3, 0.4) is 0 Å². The summed E-state index contributed by atoms with van der Waals surface area (Å²) in [6, 6.07) is 12.5. The van der Waals surface area contributed by atoms with Crippen LogP contribution in [-0.2, 0) is 0 Å². The SMILES string of the molecule is OCCN1CCN(c2cc(Nc3ncc(Cl)c(-c4c[nH]c5cc(Cl)ccc45)n3)cc(C3CC3)c2)CC1. The summed E-state index contributed by atoms with van der Waals surface area (Å²) in [7, 11) is 0. The van der Waals surface area contributed by atoms with E-state index in [2.05, 4.69) is 43.3 Å². The molecule has 36 heavy (non-hydrogen) atoms. The minimum atomic E-state index is 0.209. The number of aromatic nitrogens is 3. The van der Waals surface area contributed by atoms with Crippen molar-refractivity contribution in [2.75, 3.05) is 49.5 Å². The molecule has 0 bridgehead atoms. The van der Waals surface area contributed by atoms with Crippen LogP contribution < -0.4 is 10.2 Å². The van der Waals surface area contributed by atoms with Crippen LogP contribution in [0, 0.1) is 0 Å². The van der Waals surface area contributed by atoms with Crippen molar-refractivity contribution in [2.24, 2.45) is 0 Å². The standard InChI is InChI=1S/C27H28Cl2N6O/c28-19-3-4-22-23(15-30-25(22)13-19)26-24(29)16-31-27(33-26)32-20-11-18(17-1-2-17)12-21(14-20)35-7-5-34(6-8-35)9-10-36/h3-4,11-17,30,36H,1-2,5-10H2,(H,31,32,33). The van der Waals surface area contributed by atoms with Gasteiger partial charge in [0.15, 0.2) is 0 Å². The Kier molecular flexibility index (Phi) is 6.48. The van der Waals surface area contributed by atoms with Gasteiger partial charge in [-0.1, -0.05) is 29.3 Å². The number of hydrogen-bond donors (Lipinski definition) is 3. The molecule has 1 aliphatic carbocycles. The number of β-amino-alcohol motifs (C(OH)–C–C–N with tert-alkyl or cyclic N) is 1. The van der Waals surface area contributed by atoms with Crippen LogP contribution in [0.5, 0.6) is 0 Å². The number of hydrogen-bond acceptors (Lipinski definition) is 6. The van der Waals surface area contributed by atoms with E-state index in [0.717, 1.165) is 54.9 Å². The van der Waals surface area contributed by atoms with Gasteiger partial charge in [-0.2, -0.15) is 0 Å². The number of nitrogens with one attached hydrogen (secondary N) is 2. The molecule has 0 radical (unpaired) electrons. The van der Waals surface area contributed by atoms with Gasteiger partial charge in [0.2, 0.25) is 5.95 Å². The second kappa shape index (κ2) is 9.90. The zero-order valence-electron chi connectivity index (χ0n) is 19.8. The largest absolute Gasteiger partial charge is 0.395 e. The van der Waals surface area contributed by atoms with E-state index in [1.807, 2.05) is 24.4 Å². The maximum Gasteiger partial charge on any atom is 0.227 e. The molecule has 3 N–H and O–H groups in total. The minimum absolute atomic E-state index is 0.209. The molecule has 6 rings (SSSR count). The van der Waals surface area contributed by atoms with Gasteiger partial charge in [-0.3, -0.25) is 4.90 Å². The van der Waals surface area contributed by atoms with Crippen molar-refractivity contribution >= 4 is 51.4 Å². The molecule has 0 spiro atoms. The van der Waals surface area contributed by atoms with Crippen LogP contribution in [0.2, 0.25) is 10.0 Å². The fourth-order valence-corrected chi connectivity index (χ4v) is 5.32. The Labute approximate surface area is 220 Å². The molecule has 2 fully saturated rings. The Morgan fingerprint density at radius 2 is 1.89 bits per heavy atom. The molecule has 9 heteroatoms. The van der Waals surface area contributed by atoms with Crippen molar-refractivity contribution in [1.82, 2.24) is 19.9 Å². The Morgan fingerprint density at radius 1 is 1.06 bits per heavy atom. The van der Waals surface area contributed by atoms with Gasteiger partial charge in [0.05, 0.1) is 23.5 Å². The lowest BCUT2D eigenvalue weighted by Crippen LogP contribution is -2.47. The second-order valence-corrected chi connectivity index (χ2v) is 10.4. The number of aliphatic hydroxyl groups excluding tert-OH is 1. The number of halogens is 2. The van der Waals surface area contributed by atoms with Crippen molar-refractivity contribution in [3.05, 3.63) is 64.4 Å². The molecule has 186 valence electrons. The molecule has 1 saturated heterocycles. The number of H-pyrrole nitrogens is 1. The monoisotopic (exact) mass is 522 g/mol. The number of rotatable bonds is 7. The van der Waals surface area contributed by atoms with Crippen LogP contribution in [0.1, 0.15) is 24.3 Å². The summed E-state index contributed by atoms with van der Waals surface area (Å²) < 4.78 is 0. The van der Waals surface area contributed by atoms with Crippen molar-refractivity contribution in [3.63, 3.8) is 0 Å². The van der Waals surface area contributed by atoms with Crippen molar-refractivity contribution < 1.29 is 5.11 Å². The number of anilines is 3. The number of fused-ring (bicyclic) bond motifs is 1. The molecule has 0 atom stereocenters. The van der Waals surface area contributed by atoms with E-state index < -0.39 is 0 Å². The van der Waals surface area contributed by atoms with E-state index in [0.29, 0.717) is 27.6 Å². The summed E-state index contributed by atoms with van der Waals surface area (Å²) in [5, 5.41) is 14.9. The van der Waals surface area contributed by atoms with Crippen molar-refractivity contribution in [1.29, 1.82) is 0 Å². The van der Waals surface area contributed by atoms with Gasteiger partial charge in [0, 0.05) is 71.8 Å². The first-order valence-corrected chi connectivity index (χ1v) is 13.1. The number of benzene rings is 2. The van der Waals surface area contributed by atoms with E-state index in [9.17, 15) is 5.11 Å². The average Bonchev–Trinajstić information content (AvgIpc) is 3.66. The first-order chi connectivity index (χ1) is 17.6. The molecular weight excluding hydrogens is 495 g/mol. The lowest BCUT2D eigenvalue weighted by molar-refractivity contribution is 0.189. The van der Waals surface area contributed by atoms with Crippen LogP contribution in [0.25, 0.3) is 22.2 Å². The van der Waals surface area contributed by atoms with E-state index in [4.69, 9.17) is 28.2 Å². The van der Waals surface area contributed by atoms with E-state index >= 15 is 0 Å². The predicted octanol–water partition coefficient (Wildman–Crippen LogP) is 5.67. The van der Waals surface area contributed by atoms with Crippen LogP contribution in [0.4, 0.5) is 17.3 Å². The van der Waals surface area contributed by atoms with Crippen molar-refractivity contribution in [3.8, 4) is 11.3 Å². The summed E-state index contributed by atoms with van der Waals surface area (Å²) in [5.74, 6) is 1.13. The van der Waals surface area contributed by atoms with Crippen LogP contribution in [0.15, 0.2) is 48.8 Å².